The molecular weight excluding hydrogens is 274 g/mol. The Morgan fingerprint density at radius 1 is 1.38 bits per heavy atom. The van der Waals surface area contributed by atoms with E-state index in [0.29, 0.717) is 31.7 Å². The van der Waals surface area contributed by atoms with E-state index in [9.17, 15) is 9.59 Å². The Hall–Kier alpha value is -1.92. The Bertz CT molecular complexity index is 497. The van der Waals surface area contributed by atoms with Crippen LogP contribution < -0.4 is 5.32 Å². The average molecular weight is 293 g/mol. The van der Waals surface area contributed by atoms with E-state index >= 15 is 0 Å². The molecule has 1 aromatic carbocycles. The van der Waals surface area contributed by atoms with Crippen molar-refractivity contribution in [2.45, 2.75) is 18.9 Å². The molecule has 1 atom stereocenters. The minimum absolute atomic E-state index is 0.104. The van der Waals surface area contributed by atoms with Crippen LogP contribution in [-0.4, -0.2) is 49.5 Å². The maximum Gasteiger partial charge on any atom is 0.335 e. The summed E-state index contributed by atoms with van der Waals surface area (Å²) in [5.41, 5.74) is 0.451. The first kappa shape index (κ1) is 15.5. The summed E-state index contributed by atoms with van der Waals surface area (Å²) in [4.78, 5) is 22.7. The maximum atomic E-state index is 11.9. The van der Waals surface area contributed by atoms with Crippen molar-refractivity contribution in [1.29, 1.82) is 0 Å². The van der Waals surface area contributed by atoms with E-state index in [4.69, 9.17) is 14.6 Å². The predicted octanol–water partition coefficient (Wildman–Crippen LogP) is 1.31. The lowest BCUT2D eigenvalue weighted by molar-refractivity contribution is 0.0415. The third-order valence-corrected chi connectivity index (χ3v) is 3.22. The minimum atomic E-state index is -1.04. The van der Waals surface area contributed by atoms with E-state index in [-0.39, 0.29) is 17.6 Å². The highest BCUT2D eigenvalue weighted by Crippen LogP contribution is 2.08. The summed E-state index contributed by atoms with van der Waals surface area (Å²) >= 11 is 0. The predicted molar refractivity (Wildman–Crippen MR) is 75.5 cm³/mol. The highest BCUT2D eigenvalue weighted by Gasteiger charge is 2.15. The Kier molecular flexibility index (Phi) is 5.71. The second-order valence-electron chi connectivity index (χ2n) is 4.85. The molecule has 1 aliphatic heterocycles. The number of ether oxygens (including phenoxy) is 2. The molecule has 0 saturated carbocycles. The van der Waals surface area contributed by atoms with Crippen LogP contribution in [0.1, 0.15) is 33.6 Å². The zero-order valence-corrected chi connectivity index (χ0v) is 11.7. The van der Waals surface area contributed by atoms with Crippen LogP contribution in [0.15, 0.2) is 24.3 Å². The van der Waals surface area contributed by atoms with Gasteiger partial charge < -0.3 is 19.9 Å². The van der Waals surface area contributed by atoms with Crippen molar-refractivity contribution >= 4 is 11.9 Å². The summed E-state index contributed by atoms with van der Waals surface area (Å²) < 4.78 is 10.8. The topological polar surface area (TPSA) is 84.9 Å². The number of carbonyl (C=O) groups is 2. The fourth-order valence-electron chi connectivity index (χ4n) is 2.06. The summed E-state index contributed by atoms with van der Waals surface area (Å²) in [6.07, 6.45) is 1.81. The van der Waals surface area contributed by atoms with E-state index < -0.39 is 5.97 Å². The van der Waals surface area contributed by atoms with Gasteiger partial charge in [0.25, 0.3) is 5.91 Å². The lowest BCUT2D eigenvalue weighted by atomic mass is 10.1. The minimum Gasteiger partial charge on any atom is -0.478 e. The van der Waals surface area contributed by atoms with Crippen molar-refractivity contribution in [3.8, 4) is 0 Å². The second kappa shape index (κ2) is 7.75. The molecule has 0 aliphatic carbocycles. The van der Waals surface area contributed by atoms with Crippen LogP contribution in [-0.2, 0) is 9.47 Å². The van der Waals surface area contributed by atoms with Crippen LogP contribution in [0, 0.1) is 0 Å². The SMILES string of the molecule is O=C(O)c1cccc(C(=O)NCCCOC2CCOC2)c1. The van der Waals surface area contributed by atoms with Crippen molar-refractivity contribution in [2.24, 2.45) is 0 Å². The zero-order chi connectivity index (χ0) is 15.1. The van der Waals surface area contributed by atoms with E-state index in [0.717, 1.165) is 13.0 Å². The standard InChI is InChI=1S/C15H19NO5/c17-14(11-3-1-4-12(9-11)15(18)19)16-6-2-7-21-13-5-8-20-10-13/h1,3-4,9,13H,2,5-8,10H2,(H,16,17)(H,18,19). The number of nitrogens with one attached hydrogen (secondary N) is 1. The molecule has 1 saturated heterocycles. The molecule has 1 fully saturated rings. The van der Waals surface area contributed by atoms with Crippen molar-refractivity contribution in [1.82, 2.24) is 5.32 Å². The molecule has 1 unspecified atom stereocenters. The van der Waals surface area contributed by atoms with Crippen molar-refractivity contribution in [3.63, 3.8) is 0 Å². The number of carbonyl (C=O) groups excluding carboxylic acids is 1. The van der Waals surface area contributed by atoms with Gasteiger partial charge in [0.15, 0.2) is 0 Å². The Labute approximate surface area is 123 Å². The molecule has 0 spiro atoms. The lowest BCUT2D eigenvalue weighted by Crippen LogP contribution is -2.26. The zero-order valence-electron chi connectivity index (χ0n) is 11.7. The van der Waals surface area contributed by atoms with Gasteiger partial charge >= 0.3 is 5.97 Å². The Balaban J connectivity index is 1.69. The van der Waals surface area contributed by atoms with Crippen LogP contribution in [0.3, 0.4) is 0 Å². The first-order valence-electron chi connectivity index (χ1n) is 6.97. The molecule has 1 heterocycles. The molecule has 114 valence electrons. The molecular formula is C15H19NO5. The van der Waals surface area contributed by atoms with Crippen molar-refractivity contribution in [3.05, 3.63) is 35.4 Å². The van der Waals surface area contributed by atoms with Gasteiger partial charge in [-0.15, -0.1) is 0 Å². The first-order chi connectivity index (χ1) is 10.2. The van der Waals surface area contributed by atoms with Crippen molar-refractivity contribution < 1.29 is 24.2 Å². The molecule has 21 heavy (non-hydrogen) atoms. The maximum absolute atomic E-state index is 11.9. The fourth-order valence-corrected chi connectivity index (χ4v) is 2.06. The van der Waals surface area contributed by atoms with Crippen LogP contribution in [0.2, 0.25) is 0 Å². The van der Waals surface area contributed by atoms with Gasteiger partial charge in [-0.2, -0.15) is 0 Å². The molecule has 1 amide bonds. The highest BCUT2D eigenvalue weighted by atomic mass is 16.5. The smallest absolute Gasteiger partial charge is 0.335 e. The van der Waals surface area contributed by atoms with E-state index in [2.05, 4.69) is 5.32 Å². The van der Waals surface area contributed by atoms with E-state index in [1.54, 1.807) is 12.1 Å². The van der Waals surface area contributed by atoms with Crippen LogP contribution >= 0.6 is 0 Å². The molecule has 6 heteroatoms. The molecule has 2 N–H and O–H groups in total. The molecule has 1 aliphatic rings. The summed E-state index contributed by atoms with van der Waals surface area (Å²) in [5.74, 6) is -1.32. The van der Waals surface area contributed by atoms with Crippen LogP contribution in [0.4, 0.5) is 0 Å². The van der Waals surface area contributed by atoms with Gasteiger partial charge in [-0.3, -0.25) is 4.79 Å². The first-order valence-corrected chi connectivity index (χ1v) is 6.97. The van der Waals surface area contributed by atoms with Gasteiger partial charge in [-0.1, -0.05) is 6.07 Å². The van der Waals surface area contributed by atoms with E-state index in [1.807, 2.05) is 0 Å². The number of aromatic carboxylic acids is 1. The summed E-state index contributed by atoms with van der Waals surface area (Å²) in [6.45, 7) is 2.46. The Morgan fingerprint density at radius 3 is 2.90 bits per heavy atom. The third-order valence-electron chi connectivity index (χ3n) is 3.22. The molecule has 2 rings (SSSR count). The van der Waals surface area contributed by atoms with Crippen LogP contribution in [0.5, 0.6) is 0 Å². The third kappa shape index (κ3) is 4.84. The van der Waals surface area contributed by atoms with Gasteiger partial charge in [0, 0.05) is 25.3 Å². The van der Waals surface area contributed by atoms with Crippen LogP contribution in [0.25, 0.3) is 0 Å². The molecule has 0 aromatic heterocycles. The molecule has 0 bridgehead atoms. The van der Waals surface area contributed by atoms with Gasteiger partial charge in [0.2, 0.25) is 0 Å². The van der Waals surface area contributed by atoms with E-state index in [1.165, 1.54) is 12.1 Å². The summed E-state index contributed by atoms with van der Waals surface area (Å²) in [7, 11) is 0. The van der Waals surface area contributed by atoms with Gasteiger partial charge in [-0.05, 0) is 31.0 Å². The average Bonchev–Trinajstić information content (AvgIpc) is 3.00. The summed E-state index contributed by atoms with van der Waals surface area (Å²) in [6, 6.07) is 5.97. The monoisotopic (exact) mass is 293 g/mol. The summed E-state index contributed by atoms with van der Waals surface area (Å²) in [5, 5.41) is 11.6. The second-order valence-corrected chi connectivity index (χ2v) is 4.85. The van der Waals surface area contributed by atoms with Gasteiger partial charge in [0.1, 0.15) is 0 Å². The lowest BCUT2D eigenvalue weighted by Gasteiger charge is -2.10. The number of carboxylic acids is 1. The number of rotatable bonds is 7. The van der Waals surface area contributed by atoms with Crippen molar-refractivity contribution in [2.75, 3.05) is 26.4 Å². The normalized spacial score (nSPS) is 17.6. The Morgan fingerprint density at radius 2 is 2.19 bits per heavy atom. The fraction of sp³-hybridized carbons (Fsp3) is 0.467. The highest BCUT2D eigenvalue weighted by molar-refractivity contribution is 5.97. The molecule has 0 radical (unpaired) electrons. The largest absolute Gasteiger partial charge is 0.478 e. The quantitative estimate of drug-likeness (QED) is 0.740. The van der Waals surface area contributed by atoms with Gasteiger partial charge in [0.05, 0.1) is 18.3 Å². The molecule has 1 aromatic rings. The van der Waals surface area contributed by atoms with Gasteiger partial charge in [-0.25, -0.2) is 4.79 Å². The number of hydrogen-bond donors (Lipinski definition) is 2. The number of amides is 1. The number of benzene rings is 1. The number of hydrogen-bond acceptors (Lipinski definition) is 4. The molecule has 6 nitrogen and oxygen atoms in total. The number of carboxylic acid groups (broad SMARTS) is 1.